The van der Waals surface area contributed by atoms with Gasteiger partial charge in [-0.05, 0) is 44.0 Å². The van der Waals surface area contributed by atoms with Crippen LogP contribution in [0.2, 0.25) is 5.02 Å². The number of ketones is 1. The predicted molar refractivity (Wildman–Crippen MR) is 141 cm³/mol. The van der Waals surface area contributed by atoms with Crippen molar-refractivity contribution in [2.24, 2.45) is 0 Å². The molecule has 1 aromatic heterocycles. The van der Waals surface area contributed by atoms with E-state index in [1.807, 2.05) is 31.2 Å². The number of aromatic nitrogens is 1. The van der Waals surface area contributed by atoms with Crippen LogP contribution in [0.3, 0.4) is 0 Å². The molecule has 204 valence electrons. The highest BCUT2D eigenvalue weighted by Crippen LogP contribution is 2.50. The molecule has 0 unspecified atom stereocenters. The highest BCUT2D eigenvalue weighted by Gasteiger charge is 2.48. The highest BCUT2D eigenvalue weighted by atomic mass is 35.5. The fraction of sp³-hybridized carbons (Fsp3) is 0.296. The van der Waals surface area contributed by atoms with Crippen LogP contribution in [0.1, 0.15) is 69.6 Å². The Morgan fingerprint density at radius 2 is 1.79 bits per heavy atom. The average molecular weight is 578 g/mol. The SMILES string of the molecule is CC(=O)c1cn2c(c(O)c1=O)C(=O)N([C@H](C)C(F)(F)F)CN2[C@@H]1c2ccccc2S[C@@H](C)c2cccc(Cl)c21. The topological polar surface area (TPSA) is 82.8 Å². The summed E-state index contributed by atoms with van der Waals surface area (Å²) in [5.74, 6) is -2.96. The Morgan fingerprint density at radius 1 is 1.13 bits per heavy atom. The van der Waals surface area contributed by atoms with E-state index in [9.17, 15) is 32.7 Å². The summed E-state index contributed by atoms with van der Waals surface area (Å²) in [6.45, 7) is 3.38. The summed E-state index contributed by atoms with van der Waals surface area (Å²) < 4.78 is 43.0. The number of fused-ring (bicyclic) bond motifs is 3. The number of alkyl halides is 3. The van der Waals surface area contributed by atoms with Gasteiger partial charge in [0, 0.05) is 26.9 Å². The Hall–Kier alpha value is -3.44. The van der Waals surface area contributed by atoms with Gasteiger partial charge in [-0.2, -0.15) is 13.2 Å². The Kier molecular flexibility index (Phi) is 6.70. The normalized spacial score (nSPS) is 19.6. The number of benzene rings is 2. The van der Waals surface area contributed by atoms with Crippen molar-refractivity contribution in [2.75, 3.05) is 11.7 Å². The second-order valence-corrected chi connectivity index (χ2v) is 11.3. The van der Waals surface area contributed by atoms with Gasteiger partial charge < -0.3 is 10.0 Å². The third-order valence-electron chi connectivity index (χ3n) is 7.14. The zero-order valence-electron chi connectivity index (χ0n) is 21.0. The molecule has 5 rings (SSSR count). The van der Waals surface area contributed by atoms with Crippen molar-refractivity contribution in [1.82, 2.24) is 9.58 Å². The summed E-state index contributed by atoms with van der Waals surface area (Å²) in [4.78, 5) is 40.0. The number of halogens is 4. The lowest BCUT2D eigenvalue weighted by atomic mass is 9.92. The fourth-order valence-electron chi connectivity index (χ4n) is 5.08. The Morgan fingerprint density at radius 3 is 2.46 bits per heavy atom. The van der Waals surface area contributed by atoms with Gasteiger partial charge in [0.25, 0.3) is 5.91 Å². The van der Waals surface area contributed by atoms with Gasteiger partial charge in [0.2, 0.25) is 5.43 Å². The maximum absolute atomic E-state index is 13.9. The third kappa shape index (κ3) is 4.37. The molecule has 2 aliphatic rings. The van der Waals surface area contributed by atoms with Gasteiger partial charge in [-0.1, -0.05) is 41.9 Å². The molecule has 2 aliphatic heterocycles. The zero-order chi connectivity index (χ0) is 28.4. The fourth-order valence-corrected chi connectivity index (χ4v) is 6.55. The molecule has 12 heteroatoms. The van der Waals surface area contributed by atoms with Crippen molar-refractivity contribution in [3.8, 4) is 5.75 Å². The first-order chi connectivity index (χ1) is 18.3. The molecule has 0 bridgehead atoms. The van der Waals surface area contributed by atoms with E-state index in [0.29, 0.717) is 21.0 Å². The van der Waals surface area contributed by atoms with Gasteiger partial charge >= 0.3 is 6.18 Å². The van der Waals surface area contributed by atoms with Gasteiger partial charge in [0.15, 0.2) is 17.2 Å². The highest BCUT2D eigenvalue weighted by molar-refractivity contribution is 7.99. The van der Waals surface area contributed by atoms with Crippen LogP contribution in [0.15, 0.2) is 58.4 Å². The molecule has 3 atom stereocenters. The van der Waals surface area contributed by atoms with Crippen LogP contribution in [-0.4, -0.2) is 45.3 Å². The number of pyridine rings is 1. The van der Waals surface area contributed by atoms with E-state index in [-0.39, 0.29) is 5.25 Å². The smallest absolute Gasteiger partial charge is 0.408 e. The monoisotopic (exact) mass is 577 g/mol. The molecule has 3 heterocycles. The Bertz CT molecular complexity index is 1570. The number of hydrogen-bond donors (Lipinski definition) is 1. The van der Waals surface area contributed by atoms with Gasteiger partial charge in [-0.15, -0.1) is 11.8 Å². The first-order valence-electron chi connectivity index (χ1n) is 12.0. The first-order valence-corrected chi connectivity index (χ1v) is 13.3. The van der Waals surface area contributed by atoms with Crippen LogP contribution in [0.5, 0.6) is 5.75 Å². The lowest BCUT2D eigenvalue weighted by molar-refractivity contribution is -0.173. The van der Waals surface area contributed by atoms with Crippen LogP contribution < -0.4 is 10.4 Å². The van der Waals surface area contributed by atoms with E-state index in [1.165, 1.54) is 5.01 Å². The van der Waals surface area contributed by atoms with Crippen LogP contribution in [0.25, 0.3) is 0 Å². The lowest BCUT2D eigenvalue weighted by Crippen LogP contribution is -2.60. The molecule has 0 saturated carbocycles. The van der Waals surface area contributed by atoms with Crippen LogP contribution in [0, 0.1) is 0 Å². The number of carbonyl (C=O) groups is 2. The summed E-state index contributed by atoms with van der Waals surface area (Å²) in [5, 5.41) is 12.5. The minimum absolute atomic E-state index is 0.0869. The molecule has 3 aromatic rings. The summed E-state index contributed by atoms with van der Waals surface area (Å²) in [6, 6.07) is 9.58. The molecule has 0 spiro atoms. The van der Waals surface area contributed by atoms with Crippen molar-refractivity contribution >= 4 is 35.1 Å². The maximum atomic E-state index is 13.9. The van der Waals surface area contributed by atoms with Gasteiger partial charge in [0.05, 0.1) is 5.56 Å². The average Bonchev–Trinajstić information content (AvgIpc) is 2.99. The van der Waals surface area contributed by atoms with Gasteiger partial charge in [-0.25, -0.2) is 0 Å². The van der Waals surface area contributed by atoms with Crippen LogP contribution >= 0.6 is 23.4 Å². The van der Waals surface area contributed by atoms with E-state index in [4.69, 9.17) is 11.6 Å². The zero-order valence-corrected chi connectivity index (χ0v) is 22.6. The minimum atomic E-state index is -4.79. The van der Waals surface area contributed by atoms with Crippen molar-refractivity contribution in [1.29, 1.82) is 0 Å². The number of carbonyl (C=O) groups excluding carboxylic acids is 2. The predicted octanol–water partition coefficient (Wildman–Crippen LogP) is 5.67. The van der Waals surface area contributed by atoms with Gasteiger partial charge in [-0.3, -0.25) is 24.1 Å². The number of thioether (sulfide) groups is 1. The number of rotatable bonds is 3. The largest absolute Gasteiger partial charge is 0.502 e. The van der Waals surface area contributed by atoms with E-state index in [2.05, 4.69) is 0 Å². The van der Waals surface area contributed by atoms with E-state index in [1.54, 1.807) is 30.0 Å². The van der Waals surface area contributed by atoms with Crippen molar-refractivity contribution in [3.05, 3.63) is 91.9 Å². The molecular formula is C27H23ClF3N3O4S. The van der Waals surface area contributed by atoms with Crippen molar-refractivity contribution in [3.63, 3.8) is 0 Å². The molecule has 0 radical (unpaired) electrons. The quantitative estimate of drug-likeness (QED) is 0.404. The van der Waals surface area contributed by atoms with E-state index < -0.39 is 59.1 Å². The number of Topliss-reactive ketones (excluding diaryl/α,β-unsaturated/α-hetero) is 1. The summed E-state index contributed by atoms with van der Waals surface area (Å²) in [7, 11) is 0. The van der Waals surface area contributed by atoms with Gasteiger partial charge in [0.1, 0.15) is 18.8 Å². The van der Waals surface area contributed by atoms with Crippen LogP contribution in [-0.2, 0) is 0 Å². The molecule has 0 saturated heterocycles. The van der Waals surface area contributed by atoms with Crippen molar-refractivity contribution in [2.45, 2.75) is 49.2 Å². The standard InChI is InChI=1S/C27H23ClF3N3O4S/c1-13(35)18-11-33-23(25(37)24(18)36)26(38)32(15(3)27(29,30)31)12-34(33)22-17-7-4-5-10-20(17)39-14(2)16-8-6-9-19(28)21(16)22/h4-11,14-15,22,37H,12H2,1-3H3/t14-,15+,22+/m0/s1. The summed E-state index contributed by atoms with van der Waals surface area (Å²) in [6.07, 6.45) is -3.69. The molecule has 1 amide bonds. The maximum Gasteiger partial charge on any atom is 0.408 e. The molecule has 39 heavy (non-hydrogen) atoms. The van der Waals surface area contributed by atoms with Crippen molar-refractivity contribution < 1.29 is 27.9 Å². The number of nitrogens with zero attached hydrogens (tertiary/aromatic N) is 3. The Balaban J connectivity index is 1.87. The van der Waals surface area contributed by atoms with E-state index in [0.717, 1.165) is 35.2 Å². The summed E-state index contributed by atoms with van der Waals surface area (Å²) in [5.41, 5.74) is -0.0684. The molecule has 0 fully saturated rings. The molecule has 0 aliphatic carbocycles. The molecule has 2 aromatic carbocycles. The lowest BCUT2D eigenvalue weighted by Gasteiger charge is -2.46. The second-order valence-electron chi connectivity index (χ2n) is 9.49. The molecule has 7 nitrogen and oxygen atoms in total. The number of hydrogen-bond acceptors (Lipinski definition) is 6. The van der Waals surface area contributed by atoms with E-state index >= 15 is 0 Å². The third-order valence-corrected chi connectivity index (χ3v) is 8.70. The number of amides is 1. The number of aromatic hydroxyl groups is 1. The molecule has 1 N–H and O–H groups in total. The van der Waals surface area contributed by atoms with Crippen LogP contribution in [0.4, 0.5) is 13.2 Å². The first kappa shape index (κ1) is 27.1. The molecular weight excluding hydrogens is 555 g/mol. The summed E-state index contributed by atoms with van der Waals surface area (Å²) >= 11 is 8.32. The Labute approximate surface area is 230 Å². The second kappa shape index (κ2) is 9.63. The minimum Gasteiger partial charge on any atom is -0.502 e.